The molecule has 0 radical (unpaired) electrons. The number of aromatic amines is 1. The molecule has 1 unspecified atom stereocenters. The van der Waals surface area contributed by atoms with Gasteiger partial charge in [0.15, 0.2) is 6.61 Å². The van der Waals surface area contributed by atoms with E-state index in [1.54, 1.807) is 4.90 Å². The van der Waals surface area contributed by atoms with Crippen molar-refractivity contribution in [2.24, 2.45) is 0 Å². The van der Waals surface area contributed by atoms with Crippen molar-refractivity contribution in [3.63, 3.8) is 0 Å². The molecular formula is C20H18ClF3N4O2. The third-order valence-corrected chi connectivity index (χ3v) is 5.20. The van der Waals surface area contributed by atoms with Gasteiger partial charge in [-0.15, -0.1) is 0 Å². The van der Waals surface area contributed by atoms with Gasteiger partial charge >= 0.3 is 6.18 Å². The number of H-pyrrole nitrogens is 1. The Labute approximate surface area is 175 Å². The fourth-order valence-electron chi connectivity index (χ4n) is 3.53. The van der Waals surface area contributed by atoms with Crippen LogP contribution in [0, 0.1) is 0 Å². The van der Waals surface area contributed by atoms with Crippen molar-refractivity contribution < 1.29 is 22.7 Å². The van der Waals surface area contributed by atoms with Crippen LogP contribution in [-0.2, 0) is 0 Å². The Kier molecular flexibility index (Phi) is 5.55. The zero-order valence-electron chi connectivity index (χ0n) is 15.7. The van der Waals surface area contributed by atoms with E-state index >= 15 is 0 Å². The number of halogens is 4. The summed E-state index contributed by atoms with van der Waals surface area (Å²) in [5, 5.41) is -0.143. The molecule has 1 saturated heterocycles. The van der Waals surface area contributed by atoms with E-state index in [1.165, 1.54) is 12.3 Å². The number of rotatable bonds is 4. The van der Waals surface area contributed by atoms with Crippen molar-refractivity contribution in [3.8, 4) is 5.88 Å². The first kappa shape index (κ1) is 20.5. The highest BCUT2D eigenvalue weighted by atomic mass is 35.5. The number of fused-ring (bicyclic) bond motifs is 1. The Morgan fingerprint density at radius 1 is 1.33 bits per heavy atom. The number of amides is 1. The molecular weight excluding hydrogens is 421 g/mol. The first-order valence-corrected chi connectivity index (χ1v) is 9.77. The van der Waals surface area contributed by atoms with Gasteiger partial charge in [-0.05, 0) is 31.0 Å². The zero-order valence-corrected chi connectivity index (χ0v) is 16.5. The van der Waals surface area contributed by atoms with Crippen LogP contribution in [0.4, 0.5) is 13.2 Å². The highest BCUT2D eigenvalue weighted by Crippen LogP contribution is 2.29. The van der Waals surface area contributed by atoms with Gasteiger partial charge in [0.2, 0.25) is 5.88 Å². The van der Waals surface area contributed by atoms with Gasteiger partial charge in [-0.3, -0.25) is 4.79 Å². The number of imidazole rings is 1. The number of benzene rings is 1. The third-order valence-electron chi connectivity index (χ3n) is 4.93. The van der Waals surface area contributed by atoms with Gasteiger partial charge in [-0.2, -0.15) is 13.2 Å². The first-order chi connectivity index (χ1) is 14.3. The van der Waals surface area contributed by atoms with E-state index in [0.29, 0.717) is 13.1 Å². The average Bonchev–Trinajstić information content (AvgIpc) is 3.16. The number of ether oxygens (including phenoxy) is 1. The number of piperidine rings is 1. The number of nitrogens with zero attached hydrogens (tertiary/aromatic N) is 3. The van der Waals surface area contributed by atoms with Crippen LogP contribution >= 0.6 is 11.6 Å². The van der Waals surface area contributed by atoms with E-state index in [0.717, 1.165) is 29.7 Å². The van der Waals surface area contributed by atoms with Crippen LogP contribution < -0.4 is 4.74 Å². The summed E-state index contributed by atoms with van der Waals surface area (Å²) in [6.45, 7) is -0.458. The molecule has 3 aromatic rings. The summed E-state index contributed by atoms with van der Waals surface area (Å²) in [5.41, 5.74) is 2.02. The molecule has 0 saturated carbocycles. The van der Waals surface area contributed by atoms with Crippen LogP contribution in [0.15, 0.2) is 36.5 Å². The van der Waals surface area contributed by atoms with Crippen molar-refractivity contribution >= 4 is 28.5 Å². The fourth-order valence-corrected chi connectivity index (χ4v) is 3.75. The SMILES string of the molecule is O=C(c1cnc(OCC(F)(F)F)c(Cl)c1)N1CCCC(c2nc3ccccc3[nH]2)C1. The van der Waals surface area contributed by atoms with E-state index in [9.17, 15) is 18.0 Å². The maximum Gasteiger partial charge on any atom is 0.422 e. The molecule has 1 aliphatic heterocycles. The molecule has 1 N–H and O–H groups in total. The first-order valence-electron chi connectivity index (χ1n) is 9.39. The molecule has 1 amide bonds. The lowest BCUT2D eigenvalue weighted by Crippen LogP contribution is -2.39. The van der Waals surface area contributed by atoms with Crippen LogP contribution in [0.3, 0.4) is 0 Å². The van der Waals surface area contributed by atoms with Gasteiger partial charge < -0.3 is 14.6 Å². The van der Waals surface area contributed by atoms with Crippen LogP contribution in [0.1, 0.15) is 34.9 Å². The number of carbonyl (C=O) groups excluding carboxylic acids is 1. The molecule has 1 aromatic carbocycles. The van der Waals surface area contributed by atoms with Gasteiger partial charge in [0, 0.05) is 25.2 Å². The maximum absolute atomic E-state index is 12.9. The van der Waals surface area contributed by atoms with E-state index in [4.69, 9.17) is 11.6 Å². The normalized spacial score (nSPS) is 17.3. The molecule has 10 heteroatoms. The molecule has 4 rings (SSSR count). The molecule has 158 valence electrons. The van der Waals surface area contributed by atoms with Crippen LogP contribution in [0.2, 0.25) is 5.02 Å². The summed E-state index contributed by atoms with van der Waals surface area (Å²) >= 11 is 5.97. The summed E-state index contributed by atoms with van der Waals surface area (Å²) in [6, 6.07) is 9.01. The number of pyridine rings is 1. The van der Waals surface area contributed by atoms with Crippen LogP contribution in [-0.4, -0.2) is 51.6 Å². The largest absolute Gasteiger partial charge is 0.467 e. The molecule has 0 spiro atoms. The summed E-state index contributed by atoms with van der Waals surface area (Å²) in [6.07, 6.45) is -1.61. The number of carbonyl (C=O) groups is 1. The number of alkyl halides is 3. The molecule has 1 fully saturated rings. The number of nitrogens with one attached hydrogen (secondary N) is 1. The Morgan fingerprint density at radius 3 is 2.87 bits per heavy atom. The second-order valence-electron chi connectivity index (χ2n) is 7.14. The molecule has 2 aromatic heterocycles. The maximum atomic E-state index is 12.9. The van der Waals surface area contributed by atoms with E-state index < -0.39 is 12.8 Å². The highest BCUT2D eigenvalue weighted by Gasteiger charge is 2.30. The fraction of sp³-hybridized carbons (Fsp3) is 0.350. The predicted octanol–water partition coefficient (Wildman–Crippen LogP) is 4.57. The number of para-hydroxylation sites is 2. The molecule has 30 heavy (non-hydrogen) atoms. The van der Waals surface area contributed by atoms with Crippen molar-refractivity contribution in [3.05, 3.63) is 52.9 Å². The average molecular weight is 439 g/mol. The van der Waals surface area contributed by atoms with Gasteiger partial charge in [0.05, 0.1) is 16.6 Å². The minimum atomic E-state index is -4.50. The van der Waals surface area contributed by atoms with Gasteiger partial charge in [-0.1, -0.05) is 23.7 Å². The Bertz CT molecular complexity index is 1040. The Morgan fingerprint density at radius 2 is 2.13 bits per heavy atom. The second kappa shape index (κ2) is 8.14. The highest BCUT2D eigenvalue weighted by molar-refractivity contribution is 6.32. The minimum Gasteiger partial charge on any atom is -0.467 e. The smallest absolute Gasteiger partial charge is 0.422 e. The van der Waals surface area contributed by atoms with E-state index in [2.05, 4.69) is 19.7 Å². The molecule has 3 heterocycles. The van der Waals surface area contributed by atoms with Crippen molar-refractivity contribution in [2.75, 3.05) is 19.7 Å². The molecule has 0 aliphatic carbocycles. The lowest BCUT2D eigenvalue weighted by Gasteiger charge is -2.32. The van der Waals surface area contributed by atoms with Crippen LogP contribution in [0.25, 0.3) is 11.0 Å². The molecule has 6 nitrogen and oxygen atoms in total. The topological polar surface area (TPSA) is 71.1 Å². The minimum absolute atomic E-state index is 0.0629. The number of hydrogen-bond donors (Lipinski definition) is 1. The Hall–Kier alpha value is -2.81. The summed E-state index contributed by atoms with van der Waals surface area (Å²) < 4.78 is 41.5. The number of aromatic nitrogens is 3. The quantitative estimate of drug-likeness (QED) is 0.647. The molecule has 0 bridgehead atoms. The van der Waals surface area contributed by atoms with Crippen LogP contribution in [0.5, 0.6) is 5.88 Å². The summed E-state index contributed by atoms with van der Waals surface area (Å²) in [7, 11) is 0. The Balaban J connectivity index is 1.47. The monoisotopic (exact) mass is 438 g/mol. The second-order valence-corrected chi connectivity index (χ2v) is 7.55. The number of hydrogen-bond acceptors (Lipinski definition) is 4. The van der Waals surface area contributed by atoms with Gasteiger partial charge in [0.1, 0.15) is 10.8 Å². The van der Waals surface area contributed by atoms with Gasteiger partial charge in [0.25, 0.3) is 5.91 Å². The van der Waals surface area contributed by atoms with Crippen molar-refractivity contribution in [1.29, 1.82) is 0 Å². The molecule has 1 aliphatic rings. The summed E-state index contributed by atoms with van der Waals surface area (Å²) in [5.74, 6) is 0.255. The van der Waals surface area contributed by atoms with Crippen molar-refractivity contribution in [1.82, 2.24) is 19.9 Å². The lowest BCUT2D eigenvalue weighted by atomic mass is 9.97. The standard InChI is InChI=1S/C20H18ClF3N4O2/c21-14-8-13(9-25-18(14)30-11-20(22,23)24)19(29)28-7-3-4-12(10-28)17-26-15-5-1-2-6-16(15)27-17/h1-2,5-6,8-9,12H,3-4,7,10-11H2,(H,26,27). The van der Waals surface area contributed by atoms with Gasteiger partial charge in [-0.25, -0.2) is 9.97 Å². The van der Waals surface area contributed by atoms with Crippen molar-refractivity contribution in [2.45, 2.75) is 24.9 Å². The van der Waals surface area contributed by atoms with E-state index in [-0.39, 0.29) is 28.3 Å². The van der Waals surface area contributed by atoms with E-state index in [1.807, 2.05) is 24.3 Å². The predicted molar refractivity (Wildman–Crippen MR) is 105 cm³/mol. The molecule has 1 atom stereocenters. The number of likely N-dealkylation sites (tertiary alicyclic amines) is 1. The lowest BCUT2D eigenvalue weighted by molar-refractivity contribution is -0.154. The zero-order chi connectivity index (χ0) is 21.3. The third kappa shape index (κ3) is 4.51. The summed E-state index contributed by atoms with van der Waals surface area (Å²) in [4.78, 5) is 26.3.